The van der Waals surface area contributed by atoms with Crippen LogP contribution in [0, 0.1) is 5.92 Å². The fourth-order valence-corrected chi connectivity index (χ4v) is 1.16. The Kier molecular flexibility index (Phi) is 7.96. The Balaban J connectivity index is 0.000000461. The van der Waals surface area contributed by atoms with Crippen molar-refractivity contribution in [2.75, 3.05) is 26.8 Å². The first-order valence-corrected chi connectivity index (χ1v) is 4.66. The number of ether oxygens (including phenoxy) is 1. The minimum Gasteiger partial charge on any atom is -0.381 e. The van der Waals surface area contributed by atoms with Crippen LogP contribution in [0.3, 0.4) is 0 Å². The molecule has 0 aromatic rings. The van der Waals surface area contributed by atoms with Crippen LogP contribution in [0.25, 0.3) is 0 Å². The molecule has 68 valence electrons. The highest BCUT2D eigenvalue weighted by molar-refractivity contribution is 4.64. The van der Waals surface area contributed by atoms with Crippen molar-refractivity contribution in [3.05, 3.63) is 0 Å². The lowest BCUT2D eigenvalue weighted by molar-refractivity contribution is 0.184. The van der Waals surface area contributed by atoms with E-state index in [0.717, 1.165) is 25.7 Å². The maximum absolute atomic E-state index is 5.23. The van der Waals surface area contributed by atoms with Gasteiger partial charge in [0.15, 0.2) is 0 Å². The Morgan fingerprint density at radius 3 is 2.64 bits per heavy atom. The standard InChI is InChI=1S/C7H15NO.C2H6/c1-8-4-2-7-3-5-9-6-7;1-2/h7-8H,2-6H2,1H3;1-2H3. The summed E-state index contributed by atoms with van der Waals surface area (Å²) in [5, 5.41) is 3.14. The number of hydrogen-bond donors (Lipinski definition) is 1. The molecule has 0 aromatic heterocycles. The zero-order valence-electron chi connectivity index (χ0n) is 8.02. The molecule has 0 spiro atoms. The van der Waals surface area contributed by atoms with E-state index in [0.29, 0.717) is 0 Å². The largest absolute Gasteiger partial charge is 0.381 e. The third-order valence-corrected chi connectivity index (χ3v) is 1.83. The lowest BCUT2D eigenvalue weighted by Gasteiger charge is -2.04. The highest BCUT2D eigenvalue weighted by atomic mass is 16.5. The molecule has 1 aliphatic rings. The predicted molar refractivity (Wildman–Crippen MR) is 48.8 cm³/mol. The zero-order valence-corrected chi connectivity index (χ0v) is 8.02. The molecule has 0 aliphatic carbocycles. The second-order valence-corrected chi connectivity index (χ2v) is 2.62. The second-order valence-electron chi connectivity index (χ2n) is 2.62. The van der Waals surface area contributed by atoms with Gasteiger partial charge in [0.05, 0.1) is 0 Å². The van der Waals surface area contributed by atoms with Gasteiger partial charge in [0.1, 0.15) is 0 Å². The summed E-state index contributed by atoms with van der Waals surface area (Å²) in [5.41, 5.74) is 0. The summed E-state index contributed by atoms with van der Waals surface area (Å²) in [6, 6.07) is 0. The van der Waals surface area contributed by atoms with Crippen LogP contribution in [-0.2, 0) is 4.74 Å². The predicted octanol–water partition coefficient (Wildman–Crippen LogP) is 1.66. The molecule has 1 heterocycles. The van der Waals surface area contributed by atoms with Crippen molar-refractivity contribution in [3.63, 3.8) is 0 Å². The van der Waals surface area contributed by atoms with E-state index < -0.39 is 0 Å². The minimum absolute atomic E-state index is 0.831. The van der Waals surface area contributed by atoms with E-state index in [4.69, 9.17) is 4.74 Å². The Labute approximate surface area is 70.3 Å². The summed E-state index contributed by atoms with van der Waals surface area (Å²) < 4.78 is 5.23. The van der Waals surface area contributed by atoms with Crippen LogP contribution in [0.15, 0.2) is 0 Å². The molecule has 0 amide bonds. The Hall–Kier alpha value is -0.0800. The maximum atomic E-state index is 5.23. The second kappa shape index (κ2) is 8.02. The summed E-state index contributed by atoms with van der Waals surface area (Å²) in [5.74, 6) is 0.831. The fraction of sp³-hybridized carbons (Fsp3) is 1.00. The van der Waals surface area contributed by atoms with Gasteiger partial charge in [-0.05, 0) is 32.4 Å². The Morgan fingerprint density at radius 1 is 1.45 bits per heavy atom. The van der Waals surface area contributed by atoms with Crippen molar-refractivity contribution in [2.24, 2.45) is 5.92 Å². The van der Waals surface area contributed by atoms with Crippen LogP contribution < -0.4 is 5.32 Å². The molecule has 1 saturated heterocycles. The molecule has 0 bridgehead atoms. The lowest BCUT2D eigenvalue weighted by atomic mass is 10.1. The fourth-order valence-electron chi connectivity index (χ4n) is 1.16. The van der Waals surface area contributed by atoms with Gasteiger partial charge in [0.25, 0.3) is 0 Å². The highest BCUT2D eigenvalue weighted by Gasteiger charge is 2.13. The molecule has 1 atom stereocenters. The molecule has 0 saturated carbocycles. The average Bonchev–Trinajstić information content (AvgIpc) is 2.57. The van der Waals surface area contributed by atoms with Crippen LogP contribution >= 0.6 is 0 Å². The first-order chi connectivity index (χ1) is 5.43. The molecular weight excluding hydrogens is 138 g/mol. The SMILES string of the molecule is CC.CNCCC1CCOC1. The van der Waals surface area contributed by atoms with Crippen molar-refractivity contribution >= 4 is 0 Å². The summed E-state index contributed by atoms with van der Waals surface area (Å²) in [7, 11) is 2.00. The van der Waals surface area contributed by atoms with Gasteiger partial charge in [-0.25, -0.2) is 0 Å². The molecule has 1 unspecified atom stereocenters. The number of hydrogen-bond acceptors (Lipinski definition) is 2. The topological polar surface area (TPSA) is 21.3 Å². The van der Waals surface area contributed by atoms with Crippen LogP contribution in [0.1, 0.15) is 26.7 Å². The van der Waals surface area contributed by atoms with Gasteiger partial charge in [0.2, 0.25) is 0 Å². The van der Waals surface area contributed by atoms with Crippen LogP contribution in [-0.4, -0.2) is 26.8 Å². The van der Waals surface area contributed by atoms with Crippen molar-refractivity contribution in [1.82, 2.24) is 5.32 Å². The molecule has 1 rings (SSSR count). The van der Waals surface area contributed by atoms with Crippen molar-refractivity contribution < 1.29 is 4.74 Å². The third kappa shape index (κ3) is 5.22. The van der Waals surface area contributed by atoms with E-state index >= 15 is 0 Å². The molecule has 2 heteroatoms. The number of rotatable bonds is 3. The normalized spacial score (nSPS) is 22.6. The Bertz CT molecular complexity index is 70.0. The molecule has 1 aliphatic heterocycles. The van der Waals surface area contributed by atoms with E-state index in [1.165, 1.54) is 12.8 Å². The molecule has 11 heavy (non-hydrogen) atoms. The molecule has 0 radical (unpaired) electrons. The first-order valence-electron chi connectivity index (χ1n) is 4.66. The van der Waals surface area contributed by atoms with Gasteiger partial charge in [-0.3, -0.25) is 0 Å². The summed E-state index contributed by atoms with van der Waals surface area (Å²) in [6.07, 6.45) is 2.54. The summed E-state index contributed by atoms with van der Waals surface area (Å²) in [4.78, 5) is 0. The quantitative estimate of drug-likeness (QED) is 0.676. The van der Waals surface area contributed by atoms with E-state index in [1.807, 2.05) is 20.9 Å². The lowest BCUT2D eigenvalue weighted by Crippen LogP contribution is -2.12. The van der Waals surface area contributed by atoms with E-state index in [2.05, 4.69) is 5.32 Å². The van der Waals surface area contributed by atoms with E-state index in [1.54, 1.807) is 0 Å². The van der Waals surface area contributed by atoms with Gasteiger partial charge < -0.3 is 10.1 Å². The molecule has 1 N–H and O–H groups in total. The van der Waals surface area contributed by atoms with Gasteiger partial charge in [0, 0.05) is 13.2 Å². The Morgan fingerprint density at radius 2 is 2.18 bits per heavy atom. The van der Waals surface area contributed by atoms with Crippen LogP contribution in [0.4, 0.5) is 0 Å². The first kappa shape index (κ1) is 10.9. The van der Waals surface area contributed by atoms with Crippen molar-refractivity contribution in [3.8, 4) is 0 Å². The monoisotopic (exact) mass is 159 g/mol. The van der Waals surface area contributed by atoms with E-state index in [9.17, 15) is 0 Å². The minimum atomic E-state index is 0.831. The molecule has 1 fully saturated rings. The molecule has 0 aromatic carbocycles. The van der Waals surface area contributed by atoms with Crippen molar-refractivity contribution in [2.45, 2.75) is 26.7 Å². The summed E-state index contributed by atoms with van der Waals surface area (Å²) in [6.45, 7) is 7.10. The maximum Gasteiger partial charge on any atom is 0.0495 e. The van der Waals surface area contributed by atoms with Crippen molar-refractivity contribution in [1.29, 1.82) is 0 Å². The van der Waals surface area contributed by atoms with Crippen LogP contribution in [0.2, 0.25) is 0 Å². The summed E-state index contributed by atoms with van der Waals surface area (Å²) >= 11 is 0. The zero-order chi connectivity index (χ0) is 8.53. The van der Waals surface area contributed by atoms with Crippen LogP contribution in [0.5, 0.6) is 0 Å². The molecule has 2 nitrogen and oxygen atoms in total. The van der Waals surface area contributed by atoms with Gasteiger partial charge in [-0.2, -0.15) is 0 Å². The smallest absolute Gasteiger partial charge is 0.0495 e. The number of nitrogens with one attached hydrogen (secondary N) is 1. The molecular formula is C9H21NO. The third-order valence-electron chi connectivity index (χ3n) is 1.83. The average molecular weight is 159 g/mol. The highest BCUT2D eigenvalue weighted by Crippen LogP contribution is 2.14. The van der Waals surface area contributed by atoms with Gasteiger partial charge >= 0.3 is 0 Å². The van der Waals surface area contributed by atoms with Gasteiger partial charge in [-0.15, -0.1) is 0 Å². The van der Waals surface area contributed by atoms with E-state index in [-0.39, 0.29) is 0 Å². The van der Waals surface area contributed by atoms with Gasteiger partial charge in [-0.1, -0.05) is 13.8 Å².